The second kappa shape index (κ2) is 6.55. The molecule has 6 nitrogen and oxygen atoms in total. The van der Waals surface area contributed by atoms with Gasteiger partial charge in [0.15, 0.2) is 0 Å². The molecule has 2 aliphatic heterocycles. The number of hydrogen-bond acceptors (Lipinski definition) is 4. The highest BCUT2D eigenvalue weighted by molar-refractivity contribution is 6.19. The van der Waals surface area contributed by atoms with E-state index >= 15 is 0 Å². The van der Waals surface area contributed by atoms with Crippen LogP contribution in [0.25, 0.3) is 0 Å². The number of hydrogen-bond donors (Lipinski definition) is 0. The molecule has 134 valence electrons. The van der Waals surface area contributed by atoms with Crippen LogP contribution < -0.4 is 4.90 Å². The number of rotatable bonds is 3. The standard InChI is InChI=1S/C19H18FN3O3/c20-14-6-5-11(10-16(14)23-17(24)7-8-18(23)25)9-15-12-3-1-2-4-13(12)19(26)22-21-15/h5-6,10,15H,1-4,7-9H2. The Balaban J connectivity index is 1.63. The van der Waals surface area contributed by atoms with Crippen molar-refractivity contribution in [3.8, 4) is 0 Å². The van der Waals surface area contributed by atoms with Gasteiger partial charge in [0.2, 0.25) is 11.8 Å². The highest BCUT2D eigenvalue weighted by atomic mass is 19.1. The highest BCUT2D eigenvalue weighted by Gasteiger charge is 2.33. The lowest BCUT2D eigenvalue weighted by Gasteiger charge is -2.26. The molecule has 3 amide bonds. The van der Waals surface area contributed by atoms with E-state index in [9.17, 15) is 18.8 Å². The van der Waals surface area contributed by atoms with Crippen LogP contribution in [-0.4, -0.2) is 23.8 Å². The maximum absolute atomic E-state index is 14.2. The van der Waals surface area contributed by atoms with Crippen LogP contribution >= 0.6 is 0 Å². The van der Waals surface area contributed by atoms with Crippen LogP contribution in [0.15, 0.2) is 39.6 Å². The smallest absolute Gasteiger partial charge is 0.274 e. The van der Waals surface area contributed by atoms with Crippen LogP contribution in [0, 0.1) is 5.82 Å². The summed E-state index contributed by atoms with van der Waals surface area (Å²) in [6, 6.07) is 4.18. The number of nitrogens with zero attached hydrogens (tertiary/aromatic N) is 3. The second-order valence-electron chi connectivity index (χ2n) is 6.86. The second-order valence-corrected chi connectivity index (χ2v) is 6.86. The molecule has 0 aromatic heterocycles. The Hall–Kier alpha value is -2.70. The Bertz CT molecular complexity index is 859. The summed E-state index contributed by atoms with van der Waals surface area (Å²) in [4.78, 5) is 36.7. The number of carbonyl (C=O) groups excluding carboxylic acids is 3. The average Bonchev–Trinajstić information content (AvgIpc) is 2.98. The first-order valence-electron chi connectivity index (χ1n) is 8.86. The molecule has 0 saturated carbocycles. The third kappa shape index (κ3) is 2.87. The molecule has 1 unspecified atom stereocenters. The van der Waals surface area contributed by atoms with Crippen molar-refractivity contribution in [2.24, 2.45) is 10.2 Å². The number of carbonyl (C=O) groups is 3. The average molecular weight is 355 g/mol. The van der Waals surface area contributed by atoms with Gasteiger partial charge in [-0.25, -0.2) is 9.29 Å². The third-order valence-corrected chi connectivity index (χ3v) is 5.19. The van der Waals surface area contributed by atoms with E-state index in [0.717, 1.165) is 47.3 Å². The Labute approximate surface area is 149 Å². The lowest BCUT2D eigenvalue weighted by molar-refractivity contribution is -0.121. The highest BCUT2D eigenvalue weighted by Crippen LogP contribution is 2.34. The van der Waals surface area contributed by atoms with Crippen molar-refractivity contribution < 1.29 is 18.8 Å². The molecule has 0 spiro atoms. The molecule has 1 aromatic carbocycles. The molecule has 26 heavy (non-hydrogen) atoms. The largest absolute Gasteiger partial charge is 0.291 e. The van der Waals surface area contributed by atoms with Gasteiger partial charge in [-0.15, -0.1) is 5.11 Å². The maximum atomic E-state index is 14.2. The third-order valence-electron chi connectivity index (χ3n) is 5.19. The number of benzene rings is 1. The van der Waals surface area contributed by atoms with Crippen LogP contribution in [-0.2, 0) is 20.8 Å². The molecule has 0 N–H and O–H groups in total. The first kappa shape index (κ1) is 16.8. The van der Waals surface area contributed by atoms with E-state index in [4.69, 9.17) is 0 Å². The van der Waals surface area contributed by atoms with Gasteiger partial charge in [0, 0.05) is 24.8 Å². The van der Waals surface area contributed by atoms with Gasteiger partial charge in [0.05, 0.1) is 11.7 Å². The zero-order chi connectivity index (χ0) is 18.3. The van der Waals surface area contributed by atoms with Gasteiger partial charge in [0.25, 0.3) is 5.91 Å². The van der Waals surface area contributed by atoms with Crippen LogP contribution in [0.3, 0.4) is 0 Å². The van der Waals surface area contributed by atoms with Gasteiger partial charge < -0.3 is 0 Å². The van der Waals surface area contributed by atoms with Crippen molar-refractivity contribution in [2.45, 2.75) is 51.0 Å². The molecular formula is C19H18FN3O3. The zero-order valence-electron chi connectivity index (χ0n) is 14.2. The normalized spacial score (nSPS) is 23.0. The summed E-state index contributed by atoms with van der Waals surface area (Å²) in [6.07, 6.45) is 4.22. The van der Waals surface area contributed by atoms with Crippen LogP contribution in [0.5, 0.6) is 0 Å². The van der Waals surface area contributed by atoms with Gasteiger partial charge >= 0.3 is 0 Å². The van der Waals surface area contributed by atoms with Crippen molar-refractivity contribution in [3.05, 3.63) is 40.7 Å². The van der Waals surface area contributed by atoms with Crippen LogP contribution in [0.2, 0.25) is 0 Å². The van der Waals surface area contributed by atoms with Crippen molar-refractivity contribution in [1.82, 2.24) is 0 Å². The summed E-state index contributed by atoms with van der Waals surface area (Å²) in [5.74, 6) is -1.61. The quantitative estimate of drug-likeness (QED) is 0.781. The Morgan fingerprint density at radius 1 is 1.04 bits per heavy atom. The van der Waals surface area contributed by atoms with Crippen molar-refractivity contribution in [2.75, 3.05) is 4.90 Å². The number of halogens is 1. The lowest BCUT2D eigenvalue weighted by Crippen LogP contribution is -2.29. The summed E-state index contributed by atoms with van der Waals surface area (Å²) in [6.45, 7) is 0. The minimum Gasteiger partial charge on any atom is -0.274 e. The molecular weight excluding hydrogens is 337 g/mol. The van der Waals surface area contributed by atoms with E-state index in [1.165, 1.54) is 12.1 Å². The predicted molar refractivity (Wildman–Crippen MR) is 91.0 cm³/mol. The zero-order valence-corrected chi connectivity index (χ0v) is 14.2. The number of anilines is 1. The molecule has 1 aromatic rings. The summed E-state index contributed by atoms with van der Waals surface area (Å²) < 4.78 is 14.2. The van der Waals surface area contributed by atoms with Gasteiger partial charge in [-0.1, -0.05) is 6.07 Å². The molecule has 0 bridgehead atoms. The minimum atomic E-state index is -0.602. The minimum absolute atomic E-state index is 0.00308. The van der Waals surface area contributed by atoms with Gasteiger partial charge in [-0.3, -0.25) is 14.4 Å². The van der Waals surface area contributed by atoms with Crippen molar-refractivity contribution in [1.29, 1.82) is 0 Å². The van der Waals surface area contributed by atoms with Gasteiger partial charge in [-0.05, 0) is 49.0 Å². The van der Waals surface area contributed by atoms with E-state index < -0.39 is 5.82 Å². The fourth-order valence-corrected chi connectivity index (χ4v) is 3.88. The van der Waals surface area contributed by atoms with E-state index in [0.29, 0.717) is 6.42 Å². The van der Waals surface area contributed by atoms with E-state index in [-0.39, 0.29) is 42.3 Å². The molecule has 1 saturated heterocycles. The first-order chi connectivity index (χ1) is 12.5. The van der Waals surface area contributed by atoms with Crippen LogP contribution in [0.4, 0.5) is 10.1 Å². The van der Waals surface area contributed by atoms with Gasteiger partial charge in [0.1, 0.15) is 5.82 Å². The van der Waals surface area contributed by atoms with Crippen molar-refractivity contribution >= 4 is 23.4 Å². The number of azo groups is 1. The summed E-state index contributed by atoms with van der Waals surface area (Å²) >= 11 is 0. The monoisotopic (exact) mass is 355 g/mol. The van der Waals surface area contributed by atoms with Gasteiger partial charge in [-0.2, -0.15) is 5.11 Å². The topological polar surface area (TPSA) is 79.2 Å². The number of amides is 3. The fourth-order valence-electron chi connectivity index (χ4n) is 3.88. The summed E-state index contributed by atoms with van der Waals surface area (Å²) in [7, 11) is 0. The molecule has 4 rings (SSSR count). The van der Waals surface area contributed by atoms with E-state index in [2.05, 4.69) is 10.2 Å². The van der Waals surface area contributed by atoms with Crippen LogP contribution in [0.1, 0.15) is 44.1 Å². The van der Waals surface area contributed by atoms with E-state index in [1.807, 2.05) is 0 Å². The molecule has 7 heteroatoms. The van der Waals surface area contributed by atoms with Crippen molar-refractivity contribution in [3.63, 3.8) is 0 Å². The Morgan fingerprint density at radius 3 is 2.54 bits per heavy atom. The summed E-state index contributed by atoms with van der Waals surface area (Å²) in [5, 5.41) is 7.91. The Morgan fingerprint density at radius 2 is 1.77 bits per heavy atom. The summed E-state index contributed by atoms with van der Waals surface area (Å²) in [5.41, 5.74) is 2.54. The predicted octanol–water partition coefficient (Wildman–Crippen LogP) is 3.25. The first-order valence-corrected chi connectivity index (χ1v) is 8.86. The molecule has 0 radical (unpaired) electrons. The SMILES string of the molecule is O=C1N=NC(Cc2ccc(F)c(N3C(=O)CCC3=O)c2)C2=C1CCCC2. The number of imide groups is 1. The molecule has 1 fully saturated rings. The maximum Gasteiger partial charge on any atom is 0.291 e. The molecule has 1 atom stereocenters. The Kier molecular flexibility index (Phi) is 4.22. The van der Waals surface area contributed by atoms with E-state index in [1.54, 1.807) is 6.07 Å². The lowest BCUT2D eigenvalue weighted by atomic mass is 9.84. The fraction of sp³-hybridized carbons (Fsp3) is 0.421. The molecule has 2 heterocycles. The molecule has 3 aliphatic rings. The molecule has 1 aliphatic carbocycles.